The second-order valence-corrected chi connectivity index (χ2v) is 12.6. The zero-order chi connectivity index (χ0) is 51.6. The molecule has 0 radical (unpaired) electrons. The Labute approximate surface area is 352 Å². The molecule has 0 bridgehead atoms. The first-order chi connectivity index (χ1) is 29.1. The number of likely N-dealkylation sites (N-methyl/N-ethyl adjacent to an activating group) is 1. The molecule has 0 heterocycles. The minimum atomic E-state index is -8.49. The number of ether oxygens (including phenoxy) is 6. The molecule has 36 heteroatoms. The predicted molar refractivity (Wildman–Crippen MR) is 167 cm³/mol. The smallest absolute Gasteiger partial charge is 0.503 e. The maximum absolute atomic E-state index is 12.8. The predicted octanol–water partition coefficient (Wildman–Crippen LogP) is 8.27. The Morgan fingerprint density at radius 3 is 0.646 bits per heavy atom. The van der Waals surface area contributed by atoms with E-state index in [2.05, 4.69) is 25.5 Å². The lowest BCUT2D eigenvalue weighted by Crippen LogP contribution is -2.68. The summed E-state index contributed by atoms with van der Waals surface area (Å²) in [7, 11) is 5.05. The Kier molecular flexibility index (Phi) is 26.6. The number of rotatable bonds is 27. The van der Waals surface area contributed by atoms with Gasteiger partial charge in [-0.25, -0.2) is 0 Å². The van der Waals surface area contributed by atoms with Crippen LogP contribution in [0.5, 0.6) is 0 Å². The summed E-state index contributed by atoms with van der Waals surface area (Å²) in [6.07, 6.45) is -85.7. The van der Waals surface area contributed by atoms with Crippen molar-refractivity contribution >= 4 is 6.96 Å². The van der Waals surface area contributed by atoms with Crippen LogP contribution >= 0.6 is 0 Å². The quantitative estimate of drug-likeness (QED) is 0.0347. The minimum Gasteiger partial charge on any atom is -0.503 e. The van der Waals surface area contributed by atoms with E-state index >= 15 is 0 Å². The molecule has 0 saturated carbocycles. The number of halogens is 24. The van der Waals surface area contributed by atoms with Crippen molar-refractivity contribution < 1.29 is 157 Å². The molecule has 0 aromatic rings. The van der Waals surface area contributed by atoms with E-state index in [0.717, 1.165) is 30.7 Å². The highest BCUT2D eigenvalue weighted by Crippen LogP contribution is 2.47. The lowest BCUT2D eigenvalue weighted by Gasteiger charge is -2.50. The third kappa shape index (κ3) is 25.8. The maximum atomic E-state index is 12.8. The van der Waals surface area contributed by atoms with Crippen LogP contribution in [0.15, 0.2) is 0 Å². The maximum Gasteiger partial charge on any atom is 0.533 e. The van der Waals surface area contributed by atoms with Crippen molar-refractivity contribution in [2.75, 3.05) is 107 Å². The fraction of sp³-hybridized carbons (Fsp3) is 1.00. The van der Waals surface area contributed by atoms with Crippen molar-refractivity contribution in [3.63, 3.8) is 0 Å². The molecule has 0 rings (SSSR count). The Balaban J connectivity index is 0. The van der Waals surface area contributed by atoms with Crippen LogP contribution in [-0.2, 0) is 47.0 Å². The van der Waals surface area contributed by atoms with Gasteiger partial charge in [0.15, 0.2) is 0 Å². The summed E-state index contributed by atoms with van der Waals surface area (Å²) < 4.78 is 349. The van der Waals surface area contributed by atoms with E-state index in [0.29, 0.717) is 59.5 Å². The standard InChI is InChI=1S/C17H38NO6.C12H4BF24O4/c1-5-18(6-9-22-15-12-19-2,7-10-23-16-13-20-3)8-11-24-17-14-21-4;14-5(15,16)1(6(17,18)19)38-13(39-2(7(20,21)22)8(23,24)25,40-3(9(26,27)28)10(29,30)31)41-4(11(32,33)34)12(35,36)37/h5-17H2,1-4H3;1-4H/q+1;-1. The summed E-state index contributed by atoms with van der Waals surface area (Å²) in [5.74, 6) is 0. The van der Waals surface area contributed by atoms with Crippen molar-refractivity contribution in [1.29, 1.82) is 0 Å². The van der Waals surface area contributed by atoms with E-state index in [9.17, 15) is 105 Å². The number of alkyl halides is 24. The number of hydrogen-bond donors (Lipinski definition) is 0. The molecular weight excluding hydrogens is 989 g/mol. The van der Waals surface area contributed by atoms with Gasteiger partial charge < -0.3 is 51.5 Å². The van der Waals surface area contributed by atoms with Crippen molar-refractivity contribution in [3.05, 3.63) is 0 Å². The van der Waals surface area contributed by atoms with Gasteiger partial charge in [0.25, 0.3) is 0 Å². The molecule has 0 aromatic heterocycles. The van der Waals surface area contributed by atoms with E-state index in [4.69, 9.17) is 28.4 Å². The third-order valence-electron chi connectivity index (χ3n) is 7.69. The monoisotopic (exact) mass is 1030 g/mol. The first-order valence-corrected chi connectivity index (χ1v) is 17.5. The number of hydrogen-bond acceptors (Lipinski definition) is 10. The van der Waals surface area contributed by atoms with Crippen LogP contribution in [-0.4, -0.2) is 192 Å². The highest BCUT2D eigenvalue weighted by molar-refractivity contribution is 6.54. The Morgan fingerprint density at radius 2 is 0.508 bits per heavy atom. The van der Waals surface area contributed by atoms with Crippen molar-refractivity contribution in [2.24, 2.45) is 0 Å². The van der Waals surface area contributed by atoms with Gasteiger partial charge in [0.05, 0.1) is 66.0 Å². The first-order valence-electron chi connectivity index (χ1n) is 17.5. The summed E-state index contributed by atoms with van der Waals surface area (Å²) in [6.45, 7) is 3.52. The van der Waals surface area contributed by atoms with E-state index < -0.39 is 80.8 Å². The summed E-state index contributed by atoms with van der Waals surface area (Å²) in [6, 6.07) is 0. The van der Waals surface area contributed by atoms with E-state index in [-0.39, 0.29) is 0 Å². The molecule has 0 saturated heterocycles. The minimum absolute atomic E-state index is 0.631. The van der Waals surface area contributed by atoms with Gasteiger partial charge in [-0.15, -0.1) is 0 Å². The molecule has 0 amide bonds. The van der Waals surface area contributed by atoms with Gasteiger partial charge in [0, 0.05) is 21.3 Å². The lowest BCUT2D eigenvalue weighted by molar-refractivity contribution is -0.927. The average molecular weight is 1030 g/mol. The van der Waals surface area contributed by atoms with Crippen LogP contribution in [0.25, 0.3) is 0 Å². The van der Waals surface area contributed by atoms with Crippen LogP contribution in [0, 0.1) is 0 Å². The molecular formula is C29H42BF24NO10. The van der Waals surface area contributed by atoms with E-state index in [1.54, 1.807) is 21.3 Å². The molecule has 11 nitrogen and oxygen atoms in total. The SMILES string of the molecule is CC[N+](CCOCCOC)(CCOCCOC)CCOCCOC.FC(F)(F)C(O[B-](OC(C(F)(F)F)C(F)(F)F)(OC(C(F)(F)F)C(F)(F)F)OC(C(F)(F)F)C(F)(F)F)C(F)(F)F. The Morgan fingerprint density at radius 1 is 0.323 bits per heavy atom. The van der Waals surface area contributed by atoms with Gasteiger partial charge in [0.2, 0.25) is 24.4 Å². The highest BCUT2D eigenvalue weighted by atomic mass is 19.4. The van der Waals surface area contributed by atoms with E-state index in [1.165, 1.54) is 0 Å². The normalized spacial score (nSPS) is 14.6. The van der Waals surface area contributed by atoms with Gasteiger partial charge in [-0.3, -0.25) is 0 Å². The largest absolute Gasteiger partial charge is 0.533 e. The molecule has 0 aromatic carbocycles. The molecule has 65 heavy (non-hydrogen) atoms. The molecule has 0 unspecified atom stereocenters. The van der Waals surface area contributed by atoms with Crippen LogP contribution < -0.4 is 0 Å². The molecule has 0 atom stereocenters. The van der Waals surface area contributed by atoms with Crippen LogP contribution in [0.4, 0.5) is 105 Å². The number of quaternary nitrogens is 1. The molecule has 394 valence electrons. The molecule has 0 spiro atoms. The number of methoxy groups -OCH3 is 3. The van der Waals surface area contributed by atoms with Crippen LogP contribution in [0.3, 0.4) is 0 Å². The van der Waals surface area contributed by atoms with E-state index in [1.807, 2.05) is 0 Å². The average Bonchev–Trinajstić information content (AvgIpc) is 3.09. The van der Waals surface area contributed by atoms with Gasteiger partial charge in [-0.05, 0) is 6.92 Å². The van der Waals surface area contributed by atoms with Crippen molar-refractivity contribution in [2.45, 2.75) is 80.7 Å². The van der Waals surface area contributed by atoms with Gasteiger partial charge in [0.1, 0.15) is 19.6 Å². The highest BCUT2D eigenvalue weighted by Gasteiger charge is 2.70. The van der Waals surface area contributed by atoms with Crippen molar-refractivity contribution in [3.8, 4) is 0 Å². The lowest BCUT2D eigenvalue weighted by atomic mass is 9.99. The van der Waals surface area contributed by atoms with Gasteiger partial charge >= 0.3 is 56.4 Å². The van der Waals surface area contributed by atoms with Crippen molar-refractivity contribution in [1.82, 2.24) is 0 Å². The molecule has 0 N–H and O–H groups in total. The van der Waals surface area contributed by atoms with Crippen LogP contribution in [0.2, 0.25) is 0 Å². The summed E-state index contributed by atoms with van der Waals surface area (Å²) in [4.78, 5) is 0. The van der Waals surface area contributed by atoms with Gasteiger partial charge in [-0.2, -0.15) is 105 Å². The Bertz CT molecular complexity index is 1040. The summed E-state index contributed by atoms with van der Waals surface area (Å²) in [5, 5.41) is 0. The molecule has 0 aliphatic carbocycles. The third-order valence-corrected chi connectivity index (χ3v) is 7.69. The second kappa shape index (κ2) is 26.6. The number of nitrogens with zero attached hydrogens (tertiary/aromatic N) is 1. The fourth-order valence-corrected chi connectivity index (χ4v) is 4.54. The molecule has 0 aliphatic rings. The molecule has 0 aliphatic heterocycles. The topological polar surface area (TPSA) is 92.3 Å². The summed E-state index contributed by atoms with van der Waals surface area (Å²) >= 11 is 0. The Hall–Kier alpha value is -2.06. The second-order valence-electron chi connectivity index (χ2n) is 12.6. The molecule has 0 fully saturated rings. The summed E-state index contributed by atoms with van der Waals surface area (Å²) in [5.41, 5.74) is 0. The zero-order valence-corrected chi connectivity index (χ0v) is 33.7. The van der Waals surface area contributed by atoms with Crippen LogP contribution in [0.1, 0.15) is 6.92 Å². The van der Waals surface area contributed by atoms with Gasteiger partial charge in [-0.1, -0.05) is 0 Å². The fourth-order valence-electron chi connectivity index (χ4n) is 4.54. The zero-order valence-electron chi connectivity index (χ0n) is 33.7. The first kappa shape index (κ1) is 65.0.